The molecule has 156 valence electrons. The molecule has 2 atom stereocenters. The maximum Gasteiger partial charge on any atom is 0.573 e. The van der Waals surface area contributed by atoms with Crippen LogP contribution < -0.4 is 10.1 Å². The van der Waals surface area contributed by atoms with Crippen LogP contribution in [0, 0.1) is 5.92 Å². The van der Waals surface area contributed by atoms with Gasteiger partial charge in [0.05, 0.1) is 0 Å². The highest BCUT2D eigenvalue weighted by Crippen LogP contribution is 2.25. The van der Waals surface area contributed by atoms with Crippen LogP contribution in [0.4, 0.5) is 13.2 Å². The van der Waals surface area contributed by atoms with E-state index in [9.17, 15) is 23.1 Å². The number of aliphatic hydroxyl groups is 1. The molecule has 2 aromatic rings. The molecule has 0 aromatic heterocycles. The lowest BCUT2D eigenvalue weighted by molar-refractivity contribution is -0.274. The van der Waals surface area contributed by atoms with E-state index in [1.54, 1.807) is 30.3 Å². The van der Waals surface area contributed by atoms with Gasteiger partial charge in [-0.1, -0.05) is 30.3 Å². The number of hydrogen-bond donors (Lipinski definition) is 2. The van der Waals surface area contributed by atoms with E-state index in [2.05, 4.69) is 15.0 Å². The number of alkyl halides is 3. The summed E-state index contributed by atoms with van der Waals surface area (Å²) < 4.78 is 41.3. The molecular formula is C21H23F3N2O3. The molecule has 1 fully saturated rings. The van der Waals surface area contributed by atoms with Gasteiger partial charge in [0.15, 0.2) is 0 Å². The van der Waals surface area contributed by atoms with Crippen molar-refractivity contribution in [3.8, 4) is 5.75 Å². The van der Waals surface area contributed by atoms with Crippen LogP contribution in [0.5, 0.6) is 5.75 Å². The summed E-state index contributed by atoms with van der Waals surface area (Å²) in [7, 11) is 0. The first-order chi connectivity index (χ1) is 13.8. The van der Waals surface area contributed by atoms with Crippen LogP contribution in [0.3, 0.4) is 0 Å². The number of carbonyl (C=O) groups excluding carboxylic acids is 1. The Labute approximate surface area is 167 Å². The number of rotatable bonds is 6. The highest BCUT2D eigenvalue weighted by Gasteiger charge is 2.32. The van der Waals surface area contributed by atoms with Crippen molar-refractivity contribution in [1.82, 2.24) is 10.2 Å². The second-order valence-electron chi connectivity index (χ2n) is 7.11. The highest BCUT2D eigenvalue weighted by molar-refractivity contribution is 5.94. The Balaban J connectivity index is 1.64. The Hall–Kier alpha value is -2.58. The molecule has 0 unspecified atom stereocenters. The molecule has 0 saturated carbocycles. The van der Waals surface area contributed by atoms with Gasteiger partial charge in [0.2, 0.25) is 0 Å². The molecule has 0 aliphatic carbocycles. The molecule has 1 aliphatic rings. The van der Waals surface area contributed by atoms with Crippen molar-refractivity contribution in [2.75, 3.05) is 19.7 Å². The molecule has 1 aliphatic heterocycles. The molecule has 0 spiro atoms. The number of benzene rings is 2. The number of likely N-dealkylation sites (tertiary alicyclic amines) is 1. The van der Waals surface area contributed by atoms with Crippen LogP contribution in [0.1, 0.15) is 22.3 Å². The molecule has 1 heterocycles. The van der Waals surface area contributed by atoms with Crippen LogP contribution in [-0.2, 0) is 6.54 Å². The highest BCUT2D eigenvalue weighted by atomic mass is 19.4. The Kier molecular flexibility index (Phi) is 6.76. The van der Waals surface area contributed by atoms with E-state index in [-0.39, 0.29) is 30.2 Å². The Morgan fingerprint density at radius 3 is 2.62 bits per heavy atom. The summed E-state index contributed by atoms with van der Waals surface area (Å²) in [6, 6.07) is 14.4. The molecule has 5 nitrogen and oxygen atoms in total. The predicted octanol–water partition coefficient (Wildman–Crippen LogP) is 3.20. The number of carbonyl (C=O) groups is 1. The summed E-state index contributed by atoms with van der Waals surface area (Å²) in [6.07, 6.45) is -4.06. The molecule has 1 amide bonds. The maximum atomic E-state index is 12.5. The average Bonchev–Trinajstić information content (AvgIpc) is 2.68. The van der Waals surface area contributed by atoms with Crippen molar-refractivity contribution < 1.29 is 27.8 Å². The molecule has 3 rings (SSSR count). The largest absolute Gasteiger partial charge is 0.573 e. The van der Waals surface area contributed by atoms with Crippen LogP contribution in [-0.4, -0.2) is 48.0 Å². The fourth-order valence-corrected chi connectivity index (χ4v) is 3.53. The number of ether oxygens (including phenoxy) is 1. The first kappa shape index (κ1) is 21.1. The lowest BCUT2D eigenvalue weighted by Gasteiger charge is -2.38. The SMILES string of the molecule is O=C(N[C@@H]1CN(Cc2cccc(OC(F)(F)F)c2)CC[C@@H]1CO)c1ccccc1. The van der Waals surface area contributed by atoms with Gasteiger partial charge in [-0.15, -0.1) is 13.2 Å². The van der Waals surface area contributed by atoms with Gasteiger partial charge in [-0.05, 0) is 42.8 Å². The summed E-state index contributed by atoms with van der Waals surface area (Å²) in [5.41, 5.74) is 1.22. The van der Waals surface area contributed by atoms with E-state index < -0.39 is 6.36 Å². The Bertz CT molecular complexity index is 814. The zero-order chi connectivity index (χ0) is 20.9. The predicted molar refractivity (Wildman–Crippen MR) is 101 cm³/mol. The van der Waals surface area contributed by atoms with Gasteiger partial charge in [-0.25, -0.2) is 0 Å². The molecular weight excluding hydrogens is 385 g/mol. The van der Waals surface area contributed by atoms with Crippen LogP contribution >= 0.6 is 0 Å². The molecule has 2 N–H and O–H groups in total. The number of piperidine rings is 1. The first-order valence-electron chi connectivity index (χ1n) is 9.38. The zero-order valence-electron chi connectivity index (χ0n) is 15.7. The van der Waals surface area contributed by atoms with Gasteiger partial charge in [0.1, 0.15) is 5.75 Å². The fourth-order valence-electron chi connectivity index (χ4n) is 3.53. The first-order valence-corrected chi connectivity index (χ1v) is 9.38. The van der Waals surface area contributed by atoms with Crippen molar-refractivity contribution in [3.05, 3.63) is 65.7 Å². The van der Waals surface area contributed by atoms with Gasteiger partial charge in [-0.3, -0.25) is 9.69 Å². The van der Waals surface area contributed by atoms with Gasteiger partial charge in [-0.2, -0.15) is 0 Å². The van der Waals surface area contributed by atoms with Crippen LogP contribution in [0.25, 0.3) is 0 Å². The summed E-state index contributed by atoms with van der Waals surface area (Å²) in [4.78, 5) is 14.5. The molecule has 8 heteroatoms. The number of nitrogens with zero attached hydrogens (tertiary/aromatic N) is 1. The number of halogens is 3. The molecule has 2 aromatic carbocycles. The van der Waals surface area contributed by atoms with E-state index in [1.807, 2.05) is 6.07 Å². The van der Waals surface area contributed by atoms with E-state index in [0.717, 1.165) is 0 Å². The van der Waals surface area contributed by atoms with Crippen molar-refractivity contribution in [3.63, 3.8) is 0 Å². The van der Waals surface area contributed by atoms with Crippen molar-refractivity contribution >= 4 is 5.91 Å². The third-order valence-corrected chi connectivity index (χ3v) is 4.97. The summed E-state index contributed by atoms with van der Waals surface area (Å²) in [6.45, 7) is 1.55. The maximum absolute atomic E-state index is 12.5. The standard InChI is InChI=1S/C21H23F3N2O3/c22-21(23,24)29-18-8-4-5-15(11-18)12-26-10-9-17(14-27)19(13-26)25-20(28)16-6-2-1-3-7-16/h1-8,11,17,19,27H,9-10,12-14H2,(H,25,28)/t17-,19-/m1/s1. The second-order valence-corrected chi connectivity index (χ2v) is 7.11. The normalized spacial score (nSPS) is 20.3. The minimum atomic E-state index is -4.73. The third kappa shape index (κ3) is 6.20. The number of amides is 1. The molecule has 1 saturated heterocycles. The van der Waals surface area contributed by atoms with Crippen molar-refractivity contribution in [2.45, 2.75) is 25.4 Å². The quantitative estimate of drug-likeness (QED) is 0.771. The van der Waals surface area contributed by atoms with Crippen molar-refractivity contribution in [1.29, 1.82) is 0 Å². The van der Waals surface area contributed by atoms with E-state index >= 15 is 0 Å². The smallest absolute Gasteiger partial charge is 0.406 e. The van der Waals surface area contributed by atoms with E-state index in [4.69, 9.17) is 0 Å². The van der Waals surface area contributed by atoms with Gasteiger partial charge < -0.3 is 15.2 Å². The molecule has 0 radical (unpaired) electrons. The number of nitrogens with one attached hydrogen (secondary N) is 1. The molecule has 29 heavy (non-hydrogen) atoms. The van der Waals surface area contributed by atoms with Crippen LogP contribution in [0.2, 0.25) is 0 Å². The van der Waals surface area contributed by atoms with Gasteiger partial charge in [0, 0.05) is 37.2 Å². The van der Waals surface area contributed by atoms with Crippen molar-refractivity contribution in [2.24, 2.45) is 5.92 Å². The topological polar surface area (TPSA) is 61.8 Å². The van der Waals surface area contributed by atoms with E-state index in [1.165, 1.54) is 18.2 Å². The second kappa shape index (κ2) is 9.28. The fraction of sp³-hybridized carbons (Fsp3) is 0.381. The zero-order valence-corrected chi connectivity index (χ0v) is 15.7. The van der Waals surface area contributed by atoms with Gasteiger partial charge in [0.25, 0.3) is 5.91 Å². The summed E-state index contributed by atoms with van der Waals surface area (Å²) >= 11 is 0. The minimum Gasteiger partial charge on any atom is -0.406 e. The van der Waals surface area contributed by atoms with E-state index in [0.29, 0.717) is 37.2 Å². The minimum absolute atomic E-state index is 0.0392. The summed E-state index contributed by atoms with van der Waals surface area (Å²) in [5, 5.41) is 12.7. The number of aliphatic hydroxyl groups excluding tert-OH is 1. The Morgan fingerprint density at radius 2 is 1.93 bits per heavy atom. The lowest BCUT2D eigenvalue weighted by Crippen LogP contribution is -2.53. The van der Waals surface area contributed by atoms with Gasteiger partial charge >= 0.3 is 6.36 Å². The lowest BCUT2D eigenvalue weighted by atomic mass is 9.91. The number of hydrogen-bond acceptors (Lipinski definition) is 4. The Morgan fingerprint density at radius 1 is 1.17 bits per heavy atom. The third-order valence-electron chi connectivity index (χ3n) is 4.97. The monoisotopic (exact) mass is 408 g/mol. The average molecular weight is 408 g/mol. The molecule has 0 bridgehead atoms. The summed E-state index contributed by atoms with van der Waals surface area (Å²) in [5.74, 6) is -0.538. The van der Waals surface area contributed by atoms with Crippen LogP contribution in [0.15, 0.2) is 54.6 Å².